The molecule has 0 unspecified atom stereocenters. The summed E-state index contributed by atoms with van der Waals surface area (Å²) in [4.78, 5) is 28.4. The number of carbonyl (C=O) groups excluding carboxylic acids is 2. The number of hydrogen-bond acceptors (Lipinski definition) is 4. The normalized spacial score (nSPS) is 10.3. The van der Waals surface area contributed by atoms with E-state index in [0.717, 1.165) is 9.47 Å². The van der Waals surface area contributed by atoms with Gasteiger partial charge >= 0.3 is 0 Å². The number of thiophene rings is 1. The molecule has 8 heteroatoms. The summed E-state index contributed by atoms with van der Waals surface area (Å²) in [6, 6.07) is 10.4. The number of benzene rings is 1. The molecule has 0 aliphatic carbocycles. The molecule has 0 aliphatic rings. The molecule has 116 valence electrons. The minimum atomic E-state index is -0.383. The van der Waals surface area contributed by atoms with Gasteiger partial charge in [-0.3, -0.25) is 20.4 Å². The van der Waals surface area contributed by atoms with E-state index in [1.807, 2.05) is 10.8 Å². The molecule has 0 fully saturated rings. The quantitative estimate of drug-likeness (QED) is 0.675. The number of aromatic nitrogens is 2. The standard InChI is InChI=1S/C15H11BrN4O2S/c16-13-6-5-12(23-13)15(22)19-18-14(21)10-1-3-11(4-2-10)20-8-7-17-9-20/h1-9H,(H,18,21)(H,19,22). The number of hydrogen-bond donors (Lipinski definition) is 2. The Morgan fingerprint density at radius 3 is 2.39 bits per heavy atom. The molecule has 0 spiro atoms. The molecule has 0 saturated carbocycles. The Bertz CT molecular complexity index is 828. The zero-order valence-corrected chi connectivity index (χ0v) is 14.1. The van der Waals surface area contributed by atoms with Gasteiger partial charge < -0.3 is 4.57 Å². The number of nitrogens with zero attached hydrogens (tertiary/aromatic N) is 2. The van der Waals surface area contributed by atoms with Gasteiger partial charge in [0, 0.05) is 23.6 Å². The summed E-state index contributed by atoms with van der Waals surface area (Å²) in [5, 5.41) is 0. The maximum atomic E-state index is 12.0. The number of nitrogens with one attached hydrogen (secondary N) is 2. The van der Waals surface area contributed by atoms with Gasteiger partial charge in [0.05, 0.1) is 15.0 Å². The van der Waals surface area contributed by atoms with Crippen molar-refractivity contribution in [2.45, 2.75) is 0 Å². The van der Waals surface area contributed by atoms with Crippen molar-refractivity contribution in [1.82, 2.24) is 20.4 Å². The lowest BCUT2D eigenvalue weighted by molar-refractivity contribution is 0.0849. The van der Waals surface area contributed by atoms with Crippen molar-refractivity contribution in [3.05, 3.63) is 69.3 Å². The molecule has 0 radical (unpaired) electrons. The van der Waals surface area contributed by atoms with Gasteiger partial charge in [-0.15, -0.1) is 11.3 Å². The first-order valence-corrected chi connectivity index (χ1v) is 8.19. The molecule has 0 saturated heterocycles. The van der Waals surface area contributed by atoms with E-state index in [-0.39, 0.29) is 11.8 Å². The molecule has 23 heavy (non-hydrogen) atoms. The third-order valence-corrected chi connectivity index (χ3v) is 4.64. The molecule has 2 aromatic heterocycles. The molecular weight excluding hydrogens is 380 g/mol. The van der Waals surface area contributed by atoms with Crippen LogP contribution in [0.4, 0.5) is 0 Å². The van der Waals surface area contributed by atoms with E-state index in [1.54, 1.807) is 48.9 Å². The molecule has 2 heterocycles. The van der Waals surface area contributed by atoms with Gasteiger partial charge in [0.1, 0.15) is 0 Å². The number of amides is 2. The van der Waals surface area contributed by atoms with Crippen LogP contribution in [0.25, 0.3) is 5.69 Å². The van der Waals surface area contributed by atoms with E-state index in [9.17, 15) is 9.59 Å². The van der Waals surface area contributed by atoms with Crippen LogP contribution in [0.5, 0.6) is 0 Å². The monoisotopic (exact) mass is 390 g/mol. The first-order valence-electron chi connectivity index (χ1n) is 6.58. The summed E-state index contributed by atoms with van der Waals surface area (Å²) >= 11 is 4.57. The second-order valence-corrected chi connectivity index (χ2v) is 6.99. The van der Waals surface area contributed by atoms with E-state index >= 15 is 0 Å². The van der Waals surface area contributed by atoms with Gasteiger partial charge in [0.25, 0.3) is 11.8 Å². The highest BCUT2D eigenvalue weighted by molar-refractivity contribution is 9.11. The number of hydrazine groups is 1. The van der Waals surface area contributed by atoms with Crippen molar-refractivity contribution < 1.29 is 9.59 Å². The predicted molar refractivity (Wildman–Crippen MR) is 90.5 cm³/mol. The Labute approximate surface area is 144 Å². The van der Waals surface area contributed by atoms with Crippen LogP contribution in [0.3, 0.4) is 0 Å². The predicted octanol–water partition coefficient (Wildman–Crippen LogP) is 2.77. The summed E-state index contributed by atoms with van der Waals surface area (Å²) in [5.74, 6) is -0.741. The van der Waals surface area contributed by atoms with Crippen molar-refractivity contribution >= 4 is 39.1 Å². The largest absolute Gasteiger partial charge is 0.306 e. The first-order chi connectivity index (χ1) is 11.1. The van der Waals surface area contributed by atoms with Crippen molar-refractivity contribution in [3.63, 3.8) is 0 Å². The van der Waals surface area contributed by atoms with Crippen molar-refractivity contribution in [3.8, 4) is 5.69 Å². The van der Waals surface area contributed by atoms with Gasteiger partial charge in [-0.25, -0.2) is 4.98 Å². The number of carbonyl (C=O) groups is 2. The van der Waals surface area contributed by atoms with E-state index in [1.165, 1.54) is 11.3 Å². The van der Waals surface area contributed by atoms with Gasteiger partial charge in [-0.1, -0.05) is 0 Å². The van der Waals surface area contributed by atoms with Crippen molar-refractivity contribution in [1.29, 1.82) is 0 Å². The zero-order chi connectivity index (χ0) is 16.2. The summed E-state index contributed by atoms with van der Waals surface area (Å²) < 4.78 is 2.68. The Morgan fingerprint density at radius 1 is 1.04 bits per heavy atom. The third kappa shape index (κ3) is 3.66. The highest BCUT2D eigenvalue weighted by Gasteiger charge is 2.11. The van der Waals surface area contributed by atoms with Crippen LogP contribution in [-0.4, -0.2) is 21.4 Å². The molecule has 0 atom stereocenters. The zero-order valence-electron chi connectivity index (χ0n) is 11.7. The van der Waals surface area contributed by atoms with Crippen LogP contribution >= 0.6 is 27.3 Å². The highest BCUT2D eigenvalue weighted by Crippen LogP contribution is 2.21. The fourth-order valence-corrected chi connectivity index (χ4v) is 3.16. The second-order valence-electron chi connectivity index (χ2n) is 4.53. The molecule has 3 rings (SSSR count). The maximum Gasteiger partial charge on any atom is 0.279 e. The van der Waals surface area contributed by atoms with Gasteiger partial charge in [-0.05, 0) is 52.3 Å². The first kappa shape index (κ1) is 15.4. The summed E-state index contributed by atoms with van der Waals surface area (Å²) in [6.07, 6.45) is 5.17. The average Bonchev–Trinajstić information content (AvgIpc) is 3.24. The molecule has 1 aromatic carbocycles. The second kappa shape index (κ2) is 6.76. The van der Waals surface area contributed by atoms with Crippen LogP contribution in [0, 0.1) is 0 Å². The summed E-state index contributed by atoms with van der Waals surface area (Å²) in [6.45, 7) is 0. The van der Waals surface area contributed by atoms with E-state index in [0.29, 0.717) is 10.4 Å². The van der Waals surface area contributed by atoms with Crippen LogP contribution < -0.4 is 10.9 Å². The topological polar surface area (TPSA) is 76.0 Å². The van der Waals surface area contributed by atoms with Gasteiger partial charge in [-0.2, -0.15) is 0 Å². The molecule has 6 nitrogen and oxygen atoms in total. The molecular formula is C15H11BrN4O2S. The lowest BCUT2D eigenvalue weighted by Gasteiger charge is -2.07. The fourth-order valence-electron chi connectivity index (χ4n) is 1.88. The Balaban J connectivity index is 1.61. The molecule has 2 N–H and O–H groups in total. The minimum Gasteiger partial charge on any atom is -0.306 e. The molecule has 2 amide bonds. The average molecular weight is 391 g/mol. The lowest BCUT2D eigenvalue weighted by atomic mass is 10.2. The molecule has 3 aromatic rings. The third-order valence-electron chi connectivity index (χ3n) is 3.02. The Kier molecular flexibility index (Phi) is 4.54. The van der Waals surface area contributed by atoms with Crippen LogP contribution in [0.1, 0.15) is 20.0 Å². The fraction of sp³-hybridized carbons (Fsp3) is 0. The minimum absolute atomic E-state index is 0.357. The number of imidazole rings is 1. The maximum absolute atomic E-state index is 12.0. The Hall–Kier alpha value is -2.45. The Morgan fingerprint density at radius 2 is 1.78 bits per heavy atom. The van der Waals surface area contributed by atoms with Crippen LogP contribution in [-0.2, 0) is 0 Å². The number of halogens is 1. The summed E-state index contributed by atoms with van der Waals surface area (Å²) in [5.41, 5.74) is 6.12. The van der Waals surface area contributed by atoms with E-state index < -0.39 is 0 Å². The van der Waals surface area contributed by atoms with Crippen molar-refractivity contribution in [2.75, 3.05) is 0 Å². The van der Waals surface area contributed by atoms with Gasteiger partial charge in [0.2, 0.25) is 0 Å². The van der Waals surface area contributed by atoms with E-state index in [2.05, 4.69) is 31.8 Å². The van der Waals surface area contributed by atoms with Crippen LogP contribution in [0.2, 0.25) is 0 Å². The van der Waals surface area contributed by atoms with Crippen molar-refractivity contribution in [2.24, 2.45) is 0 Å². The smallest absolute Gasteiger partial charge is 0.279 e. The van der Waals surface area contributed by atoms with E-state index in [4.69, 9.17) is 0 Å². The molecule has 0 aliphatic heterocycles. The molecule has 0 bridgehead atoms. The number of rotatable bonds is 3. The highest BCUT2D eigenvalue weighted by atomic mass is 79.9. The SMILES string of the molecule is O=C(NNC(=O)c1ccc(Br)s1)c1ccc(-n2ccnc2)cc1. The van der Waals surface area contributed by atoms with Gasteiger partial charge in [0.15, 0.2) is 0 Å². The van der Waals surface area contributed by atoms with Crippen LogP contribution in [0.15, 0.2) is 58.9 Å². The summed E-state index contributed by atoms with van der Waals surface area (Å²) in [7, 11) is 0. The lowest BCUT2D eigenvalue weighted by Crippen LogP contribution is -2.41.